The molecule has 0 saturated carbocycles. The zero-order valence-electron chi connectivity index (χ0n) is 14.8. The van der Waals surface area contributed by atoms with E-state index in [-0.39, 0.29) is 12.0 Å². The first-order chi connectivity index (χ1) is 12.6. The van der Waals surface area contributed by atoms with Gasteiger partial charge >= 0.3 is 0 Å². The van der Waals surface area contributed by atoms with Gasteiger partial charge in [0.2, 0.25) is 0 Å². The van der Waals surface area contributed by atoms with Crippen LogP contribution >= 0.6 is 0 Å². The van der Waals surface area contributed by atoms with Crippen LogP contribution in [0.1, 0.15) is 30.1 Å². The van der Waals surface area contributed by atoms with Crippen molar-refractivity contribution >= 4 is 5.82 Å². The van der Waals surface area contributed by atoms with Crippen molar-refractivity contribution in [3.8, 4) is 0 Å². The van der Waals surface area contributed by atoms with Crippen molar-refractivity contribution in [1.82, 2.24) is 14.9 Å². The number of aryl methyl sites for hydroxylation is 1. The zero-order chi connectivity index (χ0) is 17.8. The molecule has 2 aromatic rings. The van der Waals surface area contributed by atoms with Crippen LogP contribution < -0.4 is 4.90 Å². The lowest BCUT2D eigenvalue weighted by Crippen LogP contribution is -2.60. The van der Waals surface area contributed by atoms with Gasteiger partial charge in [-0.25, -0.2) is 18.7 Å². The summed E-state index contributed by atoms with van der Waals surface area (Å²) in [4.78, 5) is 13.6. The molecule has 26 heavy (non-hydrogen) atoms. The molecule has 6 heteroatoms. The van der Waals surface area contributed by atoms with E-state index >= 15 is 0 Å². The Bertz CT molecular complexity index is 834. The van der Waals surface area contributed by atoms with Gasteiger partial charge < -0.3 is 4.90 Å². The number of hydrogen-bond acceptors (Lipinski definition) is 4. The van der Waals surface area contributed by atoms with Gasteiger partial charge in [-0.05, 0) is 56.5 Å². The molecule has 4 saturated heterocycles. The number of rotatable bonds is 2. The maximum Gasteiger partial charge on any atom is 0.162 e. The fourth-order valence-corrected chi connectivity index (χ4v) is 5.37. The second-order valence-electron chi connectivity index (χ2n) is 7.72. The van der Waals surface area contributed by atoms with Crippen LogP contribution in [0.25, 0.3) is 0 Å². The largest absolute Gasteiger partial charge is 0.351 e. The second-order valence-corrected chi connectivity index (χ2v) is 7.72. The third kappa shape index (κ3) is 2.35. The van der Waals surface area contributed by atoms with Crippen molar-refractivity contribution in [2.75, 3.05) is 24.5 Å². The minimum Gasteiger partial charge on any atom is -0.351 e. The smallest absolute Gasteiger partial charge is 0.162 e. The quantitative estimate of drug-likeness (QED) is 0.828. The molecule has 4 aliphatic heterocycles. The van der Waals surface area contributed by atoms with Gasteiger partial charge in [-0.2, -0.15) is 0 Å². The van der Waals surface area contributed by atoms with Crippen LogP contribution in [0.5, 0.6) is 0 Å². The molecule has 1 aromatic heterocycles. The summed E-state index contributed by atoms with van der Waals surface area (Å²) in [6.07, 6.45) is 4.12. The standard InChI is InChI=1S/C20H22F2N4/c1-12-23-8-5-17(24-12)26-11-15(14-3-2-4-16(21)18(14)22)20-19(26)13-6-9-25(20)10-7-13/h2-5,8,13,15,19-20H,6-7,9-11H2,1H3/t15-,19+,20+/m1/s1. The normalized spacial score (nSPS) is 32.7. The minimum atomic E-state index is -0.758. The lowest BCUT2D eigenvalue weighted by molar-refractivity contribution is 0.0350. The van der Waals surface area contributed by atoms with E-state index < -0.39 is 11.6 Å². The van der Waals surface area contributed by atoms with Crippen molar-refractivity contribution in [2.45, 2.75) is 37.8 Å². The van der Waals surface area contributed by atoms with Gasteiger partial charge in [-0.3, -0.25) is 4.90 Å². The van der Waals surface area contributed by atoms with Crippen LogP contribution in [-0.4, -0.2) is 46.6 Å². The SMILES string of the molecule is Cc1nccc(N2C[C@H](c3cccc(F)c3F)[C@H]3[C@@H]2C2CCN3CC2)n1. The summed E-state index contributed by atoms with van der Waals surface area (Å²) in [5.74, 6) is 0.725. The molecule has 4 aliphatic rings. The molecular weight excluding hydrogens is 334 g/mol. The van der Waals surface area contributed by atoms with E-state index in [1.807, 2.05) is 13.0 Å². The number of nitrogens with zero attached hydrogens (tertiary/aromatic N) is 4. The summed E-state index contributed by atoms with van der Waals surface area (Å²) in [5.41, 5.74) is 0.501. The molecule has 136 valence electrons. The average molecular weight is 356 g/mol. The van der Waals surface area contributed by atoms with E-state index in [1.54, 1.807) is 18.3 Å². The highest BCUT2D eigenvalue weighted by Gasteiger charge is 2.54. The van der Waals surface area contributed by atoms with Crippen LogP contribution in [0.2, 0.25) is 0 Å². The molecule has 2 bridgehead atoms. The molecule has 1 aromatic carbocycles. The zero-order valence-corrected chi connectivity index (χ0v) is 14.8. The minimum absolute atomic E-state index is 0.0472. The highest BCUT2D eigenvalue weighted by Crippen LogP contribution is 2.48. The van der Waals surface area contributed by atoms with Crippen LogP contribution in [0, 0.1) is 24.5 Å². The summed E-state index contributed by atoms with van der Waals surface area (Å²) in [6, 6.07) is 7.03. The highest BCUT2D eigenvalue weighted by atomic mass is 19.2. The van der Waals surface area contributed by atoms with E-state index in [0.29, 0.717) is 24.1 Å². The van der Waals surface area contributed by atoms with Crippen LogP contribution in [0.15, 0.2) is 30.5 Å². The Kier molecular flexibility index (Phi) is 3.71. The number of aromatic nitrogens is 2. The fraction of sp³-hybridized carbons (Fsp3) is 0.500. The van der Waals surface area contributed by atoms with Gasteiger partial charge in [0.1, 0.15) is 11.6 Å². The van der Waals surface area contributed by atoms with E-state index in [1.165, 1.54) is 18.9 Å². The summed E-state index contributed by atoms with van der Waals surface area (Å²) >= 11 is 0. The Morgan fingerprint density at radius 1 is 1.08 bits per heavy atom. The molecule has 6 rings (SSSR count). The van der Waals surface area contributed by atoms with Crippen LogP contribution in [-0.2, 0) is 0 Å². The van der Waals surface area contributed by atoms with Gasteiger partial charge in [-0.15, -0.1) is 0 Å². The van der Waals surface area contributed by atoms with Gasteiger partial charge in [0, 0.05) is 30.7 Å². The van der Waals surface area contributed by atoms with Crippen molar-refractivity contribution in [1.29, 1.82) is 0 Å². The topological polar surface area (TPSA) is 32.3 Å². The molecular formula is C20H22F2N4. The second kappa shape index (κ2) is 5.98. The van der Waals surface area contributed by atoms with E-state index in [0.717, 1.165) is 24.7 Å². The molecule has 4 fully saturated rings. The Hall–Kier alpha value is -2.08. The maximum absolute atomic E-state index is 14.6. The molecule has 0 N–H and O–H groups in total. The molecule has 0 aliphatic carbocycles. The predicted octanol–water partition coefficient (Wildman–Crippen LogP) is 3.13. The molecule has 3 atom stereocenters. The highest BCUT2D eigenvalue weighted by molar-refractivity contribution is 5.46. The van der Waals surface area contributed by atoms with Crippen molar-refractivity contribution < 1.29 is 8.78 Å². The number of halogens is 2. The van der Waals surface area contributed by atoms with E-state index in [2.05, 4.69) is 19.8 Å². The molecule has 0 radical (unpaired) electrons. The maximum atomic E-state index is 14.6. The van der Waals surface area contributed by atoms with Gasteiger partial charge in [0.15, 0.2) is 11.6 Å². The number of fused-ring (bicyclic) bond motifs is 2. The number of hydrogen-bond donors (Lipinski definition) is 0. The lowest BCUT2D eigenvalue weighted by atomic mass is 9.75. The lowest BCUT2D eigenvalue weighted by Gasteiger charge is -2.51. The molecule has 4 nitrogen and oxygen atoms in total. The van der Waals surface area contributed by atoms with Crippen molar-refractivity contribution in [3.63, 3.8) is 0 Å². The first-order valence-electron chi connectivity index (χ1n) is 9.38. The monoisotopic (exact) mass is 356 g/mol. The first-order valence-corrected chi connectivity index (χ1v) is 9.38. The Balaban J connectivity index is 1.60. The third-order valence-electron chi connectivity index (χ3n) is 6.43. The third-order valence-corrected chi connectivity index (χ3v) is 6.43. The van der Waals surface area contributed by atoms with Gasteiger partial charge in [0.25, 0.3) is 0 Å². The van der Waals surface area contributed by atoms with Crippen molar-refractivity contribution in [3.05, 3.63) is 53.5 Å². The summed E-state index contributed by atoms with van der Waals surface area (Å²) < 4.78 is 28.5. The van der Waals surface area contributed by atoms with Gasteiger partial charge in [0.05, 0.1) is 0 Å². The van der Waals surface area contributed by atoms with Crippen LogP contribution in [0.4, 0.5) is 14.6 Å². The summed E-state index contributed by atoms with van der Waals surface area (Å²) in [5, 5.41) is 0. The van der Waals surface area contributed by atoms with Gasteiger partial charge in [-0.1, -0.05) is 12.1 Å². The van der Waals surface area contributed by atoms with E-state index in [4.69, 9.17) is 0 Å². The Morgan fingerprint density at radius 2 is 1.88 bits per heavy atom. The molecule has 0 unspecified atom stereocenters. The van der Waals surface area contributed by atoms with Crippen molar-refractivity contribution in [2.24, 2.45) is 5.92 Å². The number of benzene rings is 1. The van der Waals surface area contributed by atoms with E-state index in [9.17, 15) is 8.78 Å². The molecule has 0 spiro atoms. The molecule has 5 heterocycles. The fourth-order valence-electron chi connectivity index (χ4n) is 5.37. The Morgan fingerprint density at radius 3 is 2.65 bits per heavy atom. The number of piperidine rings is 3. The summed E-state index contributed by atoms with van der Waals surface area (Å²) in [6.45, 7) is 4.66. The molecule has 0 amide bonds. The number of anilines is 1. The predicted molar refractivity (Wildman–Crippen MR) is 95.1 cm³/mol. The summed E-state index contributed by atoms with van der Waals surface area (Å²) in [7, 11) is 0. The Labute approximate surface area is 151 Å². The van der Waals surface area contributed by atoms with Crippen LogP contribution in [0.3, 0.4) is 0 Å². The average Bonchev–Trinajstić information content (AvgIpc) is 3.08. The first kappa shape index (κ1) is 16.1.